The Bertz CT molecular complexity index is 481. The minimum Gasteiger partial charge on any atom is -0.394 e. The van der Waals surface area contributed by atoms with Crippen molar-refractivity contribution in [3.63, 3.8) is 0 Å². The summed E-state index contributed by atoms with van der Waals surface area (Å²) < 4.78 is 21.4. The van der Waals surface area contributed by atoms with Crippen LogP contribution in [0.3, 0.4) is 0 Å². The minimum atomic E-state index is -1.25. The number of aliphatic imine (C=N–C) groups is 1. The summed E-state index contributed by atoms with van der Waals surface area (Å²) in [4.78, 5) is 4.18. The zero-order valence-corrected chi connectivity index (χ0v) is 16.6. The van der Waals surface area contributed by atoms with E-state index in [0.717, 1.165) is 0 Å². The maximum atomic E-state index is 9.98. The predicted molar refractivity (Wildman–Crippen MR) is 107 cm³/mol. The Morgan fingerprint density at radius 2 is 1.59 bits per heavy atom. The van der Waals surface area contributed by atoms with Gasteiger partial charge in [0.05, 0.1) is 70.7 Å². The standard InChI is InChI=1S/C17H35N5O7/c18-1-3-26-5-7-28-8-6-27-4-2-21-10-12(22-20)9-13-15(19)17(25)16(24)14(11-23)29-13/h10,13-17,23-25H,1-9,11,18-20H2/b21-10?,22-12-/t13-,14+,15-,16-,17+/m0/s1. The van der Waals surface area contributed by atoms with Crippen molar-refractivity contribution in [3.05, 3.63) is 0 Å². The highest BCUT2D eigenvalue weighted by molar-refractivity contribution is 6.30. The molecule has 0 radical (unpaired) electrons. The van der Waals surface area contributed by atoms with Gasteiger partial charge in [-0.15, -0.1) is 0 Å². The Morgan fingerprint density at radius 3 is 2.17 bits per heavy atom. The number of aliphatic hydroxyl groups is 3. The van der Waals surface area contributed by atoms with Crippen LogP contribution in [0.2, 0.25) is 0 Å². The van der Waals surface area contributed by atoms with Crippen molar-refractivity contribution in [2.24, 2.45) is 27.4 Å². The summed E-state index contributed by atoms with van der Waals surface area (Å²) in [5, 5.41) is 32.7. The molecule has 0 bridgehead atoms. The molecular formula is C17H35N5O7. The predicted octanol–water partition coefficient (Wildman–Crippen LogP) is -3.42. The lowest BCUT2D eigenvalue weighted by molar-refractivity contribution is -0.186. The number of rotatable bonds is 15. The molecule has 0 aromatic rings. The van der Waals surface area contributed by atoms with E-state index < -0.39 is 37.1 Å². The van der Waals surface area contributed by atoms with Crippen LogP contribution in [0.25, 0.3) is 0 Å². The van der Waals surface area contributed by atoms with Gasteiger partial charge in [0.15, 0.2) is 0 Å². The summed E-state index contributed by atoms with van der Waals surface area (Å²) in [5.41, 5.74) is 11.6. The highest BCUT2D eigenvalue weighted by Crippen LogP contribution is 2.22. The van der Waals surface area contributed by atoms with Crippen LogP contribution >= 0.6 is 0 Å². The van der Waals surface area contributed by atoms with Crippen molar-refractivity contribution in [2.75, 3.05) is 59.3 Å². The molecule has 0 saturated carbocycles. The number of ether oxygens (including phenoxy) is 4. The maximum absolute atomic E-state index is 9.98. The molecule has 0 aromatic heterocycles. The molecule has 0 unspecified atom stereocenters. The fourth-order valence-corrected chi connectivity index (χ4v) is 2.66. The van der Waals surface area contributed by atoms with Gasteiger partial charge in [-0.3, -0.25) is 4.99 Å². The molecule has 1 aliphatic rings. The molecule has 0 amide bonds. The molecule has 12 nitrogen and oxygen atoms in total. The normalized spacial score (nSPS) is 28.3. The van der Waals surface area contributed by atoms with E-state index in [1.165, 1.54) is 6.21 Å². The summed E-state index contributed by atoms with van der Waals surface area (Å²) in [7, 11) is 0. The van der Waals surface area contributed by atoms with Crippen molar-refractivity contribution in [3.8, 4) is 0 Å². The summed E-state index contributed by atoms with van der Waals surface area (Å²) in [5.74, 6) is 5.38. The number of hydrogen-bond acceptors (Lipinski definition) is 12. The van der Waals surface area contributed by atoms with E-state index in [0.29, 0.717) is 58.4 Å². The number of hydrogen-bond donors (Lipinski definition) is 6. The van der Waals surface area contributed by atoms with Gasteiger partial charge in [0.2, 0.25) is 0 Å². The van der Waals surface area contributed by atoms with Crippen LogP contribution < -0.4 is 17.3 Å². The lowest BCUT2D eigenvalue weighted by Gasteiger charge is -2.40. The Labute approximate surface area is 170 Å². The van der Waals surface area contributed by atoms with Gasteiger partial charge in [-0.2, -0.15) is 5.10 Å². The second kappa shape index (κ2) is 15.6. The van der Waals surface area contributed by atoms with Crippen LogP contribution in [-0.4, -0.2) is 117 Å². The fourth-order valence-electron chi connectivity index (χ4n) is 2.66. The second-order valence-corrected chi connectivity index (χ2v) is 6.44. The van der Waals surface area contributed by atoms with Gasteiger partial charge in [0.25, 0.3) is 0 Å². The minimum absolute atomic E-state index is 0.183. The molecule has 0 aliphatic carbocycles. The molecule has 12 heteroatoms. The first-order chi connectivity index (χ1) is 14.0. The molecule has 1 rings (SSSR count). The van der Waals surface area contributed by atoms with Gasteiger partial charge in [-0.05, 0) is 0 Å². The molecule has 0 aromatic carbocycles. The van der Waals surface area contributed by atoms with Gasteiger partial charge in [-0.25, -0.2) is 0 Å². The van der Waals surface area contributed by atoms with Crippen LogP contribution in [0, 0.1) is 0 Å². The van der Waals surface area contributed by atoms with Crippen molar-refractivity contribution in [2.45, 2.75) is 36.9 Å². The van der Waals surface area contributed by atoms with E-state index in [9.17, 15) is 15.3 Å². The third-order valence-corrected chi connectivity index (χ3v) is 4.27. The third kappa shape index (κ3) is 9.89. The van der Waals surface area contributed by atoms with Crippen molar-refractivity contribution < 1.29 is 34.3 Å². The van der Waals surface area contributed by atoms with Gasteiger partial charge in [0.1, 0.15) is 18.3 Å². The first-order valence-electron chi connectivity index (χ1n) is 9.63. The summed E-state index contributed by atoms with van der Waals surface area (Å²) in [6.07, 6.45) is -2.39. The first-order valence-corrected chi connectivity index (χ1v) is 9.63. The van der Waals surface area contributed by atoms with E-state index in [4.69, 9.17) is 36.3 Å². The zero-order chi connectivity index (χ0) is 21.5. The number of hydrazone groups is 1. The largest absolute Gasteiger partial charge is 0.394 e. The van der Waals surface area contributed by atoms with Crippen molar-refractivity contribution in [1.29, 1.82) is 0 Å². The molecule has 0 spiro atoms. The highest BCUT2D eigenvalue weighted by Gasteiger charge is 2.42. The molecule has 9 N–H and O–H groups in total. The highest BCUT2D eigenvalue weighted by atomic mass is 16.5. The number of nitrogens with two attached hydrogens (primary N) is 3. The molecule has 1 heterocycles. The molecule has 170 valence electrons. The van der Waals surface area contributed by atoms with Crippen molar-refractivity contribution in [1.82, 2.24) is 0 Å². The van der Waals surface area contributed by atoms with Crippen molar-refractivity contribution >= 4 is 11.9 Å². The maximum Gasteiger partial charge on any atom is 0.110 e. The summed E-state index contributed by atoms with van der Waals surface area (Å²) in [6, 6.07) is -0.845. The second-order valence-electron chi connectivity index (χ2n) is 6.44. The Balaban J connectivity index is 2.21. The van der Waals surface area contributed by atoms with E-state index in [1.807, 2.05) is 0 Å². The van der Waals surface area contributed by atoms with Gasteiger partial charge < -0.3 is 51.6 Å². The number of aliphatic hydroxyl groups excluding tert-OH is 3. The van der Waals surface area contributed by atoms with E-state index >= 15 is 0 Å². The van der Waals surface area contributed by atoms with Crippen LogP contribution in [0.15, 0.2) is 10.1 Å². The first kappa shape index (κ1) is 25.8. The average Bonchev–Trinajstić information content (AvgIpc) is 2.73. The smallest absolute Gasteiger partial charge is 0.110 e. The summed E-state index contributed by atoms with van der Waals surface area (Å²) in [6.45, 7) is 3.28. The van der Waals surface area contributed by atoms with E-state index in [-0.39, 0.29) is 6.42 Å². The van der Waals surface area contributed by atoms with Gasteiger partial charge in [0, 0.05) is 19.2 Å². The molecule has 5 atom stereocenters. The van der Waals surface area contributed by atoms with Crippen LogP contribution in [0.1, 0.15) is 6.42 Å². The molecule has 29 heavy (non-hydrogen) atoms. The molecular weight excluding hydrogens is 386 g/mol. The number of nitrogens with zero attached hydrogens (tertiary/aromatic N) is 2. The van der Waals surface area contributed by atoms with Crippen LogP contribution in [-0.2, 0) is 18.9 Å². The molecule has 1 saturated heterocycles. The van der Waals surface area contributed by atoms with E-state index in [2.05, 4.69) is 10.1 Å². The average molecular weight is 421 g/mol. The lowest BCUT2D eigenvalue weighted by Crippen LogP contribution is -2.62. The summed E-state index contributed by atoms with van der Waals surface area (Å²) >= 11 is 0. The molecule has 1 fully saturated rings. The SMILES string of the molecule is NCCOCCOCCOCCN=C/C(C[C@@H]1O[C@H](CO)[C@H](O)[C@H](O)[C@H]1N)=N\N. The Kier molecular flexibility index (Phi) is 13.9. The Morgan fingerprint density at radius 1 is 0.966 bits per heavy atom. The zero-order valence-electron chi connectivity index (χ0n) is 16.6. The van der Waals surface area contributed by atoms with Crippen LogP contribution in [0.5, 0.6) is 0 Å². The fraction of sp³-hybridized carbons (Fsp3) is 0.882. The topological polar surface area (TPSA) is 200 Å². The third-order valence-electron chi connectivity index (χ3n) is 4.27. The van der Waals surface area contributed by atoms with Gasteiger partial charge in [-0.1, -0.05) is 0 Å². The van der Waals surface area contributed by atoms with E-state index in [1.54, 1.807) is 0 Å². The lowest BCUT2D eigenvalue weighted by atomic mass is 9.91. The van der Waals surface area contributed by atoms with Gasteiger partial charge >= 0.3 is 0 Å². The Hall–Kier alpha value is -1.22. The molecule has 1 aliphatic heterocycles. The monoisotopic (exact) mass is 421 g/mol. The van der Waals surface area contributed by atoms with Crippen LogP contribution in [0.4, 0.5) is 0 Å². The quantitative estimate of drug-likeness (QED) is 0.0669.